The van der Waals surface area contributed by atoms with Crippen LogP contribution in [0.5, 0.6) is 0 Å². The highest BCUT2D eigenvalue weighted by Crippen LogP contribution is 2.20. The van der Waals surface area contributed by atoms with Gasteiger partial charge in [-0.3, -0.25) is 4.99 Å². The van der Waals surface area contributed by atoms with E-state index < -0.39 is 11.6 Å². The minimum atomic E-state index is -0.577. The van der Waals surface area contributed by atoms with Gasteiger partial charge in [0.25, 0.3) is 0 Å². The first-order valence-corrected chi connectivity index (χ1v) is 7.95. The molecule has 0 amide bonds. The standard InChI is InChI=1S/C16H19F2N3S.HI/c1-11(14-5-4-12(17)9-15(14)18)10-21-16(19)20-7-6-13-3-2-8-22-13;/h2-5,8-9,11H,6-7,10H2,1H3,(H3,19,20,21);1H. The summed E-state index contributed by atoms with van der Waals surface area (Å²) in [6, 6.07) is 7.67. The van der Waals surface area contributed by atoms with Gasteiger partial charge in [-0.1, -0.05) is 19.1 Å². The monoisotopic (exact) mass is 451 g/mol. The van der Waals surface area contributed by atoms with Crippen LogP contribution in [-0.2, 0) is 6.42 Å². The second kappa shape index (κ2) is 9.82. The van der Waals surface area contributed by atoms with E-state index in [1.54, 1.807) is 11.3 Å². The van der Waals surface area contributed by atoms with Crippen molar-refractivity contribution in [3.05, 3.63) is 57.8 Å². The fourth-order valence-electron chi connectivity index (χ4n) is 2.06. The molecule has 0 aliphatic rings. The van der Waals surface area contributed by atoms with Crippen molar-refractivity contribution in [3.8, 4) is 0 Å². The highest BCUT2D eigenvalue weighted by atomic mass is 127. The van der Waals surface area contributed by atoms with Gasteiger partial charge in [0.05, 0.1) is 0 Å². The van der Waals surface area contributed by atoms with Crippen molar-refractivity contribution >= 4 is 41.3 Å². The third kappa shape index (κ3) is 6.42. The highest BCUT2D eigenvalue weighted by molar-refractivity contribution is 14.0. The van der Waals surface area contributed by atoms with Gasteiger partial charge in [0.1, 0.15) is 11.6 Å². The van der Waals surface area contributed by atoms with E-state index >= 15 is 0 Å². The largest absolute Gasteiger partial charge is 0.370 e. The van der Waals surface area contributed by atoms with Gasteiger partial charge in [-0.05, 0) is 29.5 Å². The quantitative estimate of drug-likeness (QED) is 0.398. The number of nitrogens with zero attached hydrogens (tertiary/aromatic N) is 1. The number of halogens is 3. The van der Waals surface area contributed by atoms with Gasteiger partial charge in [0.2, 0.25) is 0 Å². The fourth-order valence-corrected chi connectivity index (χ4v) is 2.77. The Kier molecular flexibility index (Phi) is 8.46. The van der Waals surface area contributed by atoms with Crippen LogP contribution in [0.2, 0.25) is 0 Å². The SMILES string of the molecule is CC(CN=C(N)NCCc1cccs1)c1ccc(F)cc1F.I. The Hall–Kier alpha value is -1.22. The Bertz CT molecular complexity index is 632. The van der Waals surface area contributed by atoms with Crippen molar-refractivity contribution in [2.24, 2.45) is 10.7 Å². The molecule has 0 aliphatic carbocycles. The summed E-state index contributed by atoms with van der Waals surface area (Å²) in [6.07, 6.45) is 0.885. The molecule has 0 saturated heterocycles. The number of aliphatic imine (C=N–C) groups is 1. The lowest BCUT2D eigenvalue weighted by Crippen LogP contribution is -2.33. The van der Waals surface area contributed by atoms with E-state index in [2.05, 4.69) is 16.4 Å². The number of guanidine groups is 1. The summed E-state index contributed by atoms with van der Waals surface area (Å²) in [4.78, 5) is 5.49. The first-order valence-electron chi connectivity index (χ1n) is 7.07. The zero-order valence-corrected chi connectivity index (χ0v) is 15.9. The van der Waals surface area contributed by atoms with Crippen LogP contribution in [0.4, 0.5) is 8.78 Å². The average molecular weight is 451 g/mol. The van der Waals surface area contributed by atoms with Crippen molar-refractivity contribution in [1.82, 2.24) is 5.32 Å². The molecule has 0 aliphatic heterocycles. The molecule has 2 aromatic rings. The van der Waals surface area contributed by atoms with Crippen molar-refractivity contribution in [1.29, 1.82) is 0 Å². The number of rotatable bonds is 6. The Morgan fingerprint density at radius 3 is 2.78 bits per heavy atom. The van der Waals surface area contributed by atoms with Crippen molar-refractivity contribution < 1.29 is 8.78 Å². The molecule has 0 radical (unpaired) electrons. The normalized spacial score (nSPS) is 12.6. The number of nitrogens with two attached hydrogens (primary N) is 1. The minimum Gasteiger partial charge on any atom is -0.370 e. The summed E-state index contributed by atoms with van der Waals surface area (Å²) in [6.45, 7) is 2.88. The second-order valence-corrected chi connectivity index (χ2v) is 6.08. The topological polar surface area (TPSA) is 50.4 Å². The van der Waals surface area contributed by atoms with Crippen LogP contribution in [0.25, 0.3) is 0 Å². The number of hydrogen-bond donors (Lipinski definition) is 2. The summed E-state index contributed by atoms with van der Waals surface area (Å²) < 4.78 is 26.5. The number of nitrogens with one attached hydrogen (secondary N) is 1. The van der Waals surface area contributed by atoms with Gasteiger partial charge < -0.3 is 11.1 Å². The van der Waals surface area contributed by atoms with Crippen molar-refractivity contribution in [3.63, 3.8) is 0 Å². The summed E-state index contributed by atoms with van der Waals surface area (Å²) in [5, 5.41) is 5.07. The van der Waals surface area contributed by atoms with E-state index in [0.29, 0.717) is 24.6 Å². The first-order chi connectivity index (χ1) is 10.6. The van der Waals surface area contributed by atoms with Crippen molar-refractivity contribution in [2.75, 3.05) is 13.1 Å². The molecule has 0 fully saturated rings. The van der Waals surface area contributed by atoms with E-state index in [4.69, 9.17) is 5.73 Å². The number of benzene rings is 1. The first kappa shape index (κ1) is 19.8. The Balaban J connectivity index is 0.00000264. The summed E-state index contributed by atoms with van der Waals surface area (Å²) in [5.74, 6) is -0.956. The van der Waals surface area contributed by atoms with Crippen LogP contribution in [0.3, 0.4) is 0 Å². The molecular formula is C16H20F2IN3S. The third-order valence-electron chi connectivity index (χ3n) is 3.29. The molecule has 0 saturated carbocycles. The van der Waals surface area contributed by atoms with E-state index in [9.17, 15) is 8.78 Å². The van der Waals surface area contributed by atoms with Gasteiger partial charge >= 0.3 is 0 Å². The van der Waals surface area contributed by atoms with Crippen LogP contribution in [0, 0.1) is 11.6 Å². The molecule has 126 valence electrons. The van der Waals surface area contributed by atoms with E-state index in [0.717, 1.165) is 12.5 Å². The Labute approximate surface area is 156 Å². The molecule has 3 N–H and O–H groups in total. The van der Waals surface area contributed by atoms with E-state index in [1.807, 2.05) is 18.4 Å². The van der Waals surface area contributed by atoms with E-state index in [-0.39, 0.29) is 29.9 Å². The molecule has 1 unspecified atom stereocenters. The molecule has 3 nitrogen and oxygen atoms in total. The molecule has 1 heterocycles. The molecule has 1 aromatic heterocycles. The molecule has 0 bridgehead atoms. The zero-order valence-electron chi connectivity index (χ0n) is 12.8. The van der Waals surface area contributed by atoms with Crippen LogP contribution in [-0.4, -0.2) is 19.0 Å². The van der Waals surface area contributed by atoms with Gasteiger partial charge in [0.15, 0.2) is 5.96 Å². The molecule has 1 atom stereocenters. The third-order valence-corrected chi connectivity index (χ3v) is 4.22. The molecular weight excluding hydrogens is 431 g/mol. The lowest BCUT2D eigenvalue weighted by Gasteiger charge is -2.11. The molecule has 1 aromatic carbocycles. The summed E-state index contributed by atoms with van der Waals surface area (Å²) in [7, 11) is 0. The van der Waals surface area contributed by atoms with Gasteiger partial charge in [-0.2, -0.15) is 0 Å². The second-order valence-electron chi connectivity index (χ2n) is 5.05. The van der Waals surface area contributed by atoms with Gasteiger partial charge in [0, 0.05) is 30.0 Å². The maximum absolute atomic E-state index is 13.7. The summed E-state index contributed by atoms with van der Waals surface area (Å²) >= 11 is 1.70. The lowest BCUT2D eigenvalue weighted by molar-refractivity contribution is 0.560. The maximum atomic E-state index is 13.7. The Morgan fingerprint density at radius 2 is 2.13 bits per heavy atom. The summed E-state index contributed by atoms with van der Waals surface area (Å²) in [5.41, 5.74) is 6.23. The van der Waals surface area contributed by atoms with Gasteiger partial charge in [-0.15, -0.1) is 35.3 Å². The molecule has 0 spiro atoms. The fraction of sp³-hybridized carbons (Fsp3) is 0.312. The van der Waals surface area contributed by atoms with Crippen LogP contribution < -0.4 is 11.1 Å². The van der Waals surface area contributed by atoms with E-state index in [1.165, 1.54) is 17.0 Å². The predicted octanol–water partition coefficient (Wildman–Crippen LogP) is 3.89. The number of hydrogen-bond acceptors (Lipinski definition) is 2. The Morgan fingerprint density at radius 1 is 1.35 bits per heavy atom. The van der Waals surface area contributed by atoms with Crippen LogP contribution >= 0.6 is 35.3 Å². The van der Waals surface area contributed by atoms with Gasteiger partial charge in [-0.25, -0.2) is 8.78 Å². The van der Waals surface area contributed by atoms with Crippen LogP contribution in [0.15, 0.2) is 40.7 Å². The smallest absolute Gasteiger partial charge is 0.188 e. The average Bonchev–Trinajstić information content (AvgIpc) is 2.98. The van der Waals surface area contributed by atoms with Crippen molar-refractivity contribution in [2.45, 2.75) is 19.3 Å². The highest BCUT2D eigenvalue weighted by Gasteiger charge is 2.11. The lowest BCUT2D eigenvalue weighted by atomic mass is 10.0. The molecule has 23 heavy (non-hydrogen) atoms. The molecule has 2 rings (SSSR count). The zero-order chi connectivity index (χ0) is 15.9. The molecule has 7 heteroatoms. The maximum Gasteiger partial charge on any atom is 0.188 e. The number of thiophene rings is 1. The van der Waals surface area contributed by atoms with Crippen LogP contribution in [0.1, 0.15) is 23.3 Å². The predicted molar refractivity (Wildman–Crippen MR) is 103 cm³/mol. The minimum absolute atomic E-state index is 0.